The first-order valence-corrected chi connectivity index (χ1v) is 17.8. The molecule has 2 aliphatic heterocycles. The highest BCUT2D eigenvalue weighted by molar-refractivity contribution is 6.42. The van der Waals surface area contributed by atoms with Crippen LogP contribution < -0.4 is 10.6 Å². The Kier molecular flexibility index (Phi) is 17.0. The topological polar surface area (TPSA) is 47.6 Å². The molecule has 0 bridgehead atoms. The summed E-state index contributed by atoms with van der Waals surface area (Å²) in [7, 11) is 0. The quantitative estimate of drug-likeness (QED) is 0.218. The lowest BCUT2D eigenvalue weighted by Crippen LogP contribution is -2.50. The predicted molar refractivity (Wildman–Crippen MR) is 192 cm³/mol. The van der Waals surface area contributed by atoms with Crippen LogP contribution in [0.3, 0.4) is 0 Å². The van der Waals surface area contributed by atoms with Gasteiger partial charge in [0.2, 0.25) is 5.91 Å². The monoisotopic (exact) mass is 652 g/mol. The molecule has 7 heteroatoms. The number of piperidine rings is 1. The average Bonchev–Trinajstić information content (AvgIpc) is 3.25. The van der Waals surface area contributed by atoms with Crippen molar-refractivity contribution in [2.45, 2.75) is 84.3 Å². The van der Waals surface area contributed by atoms with Gasteiger partial charge in [0.1, 0.15) is 0 Å². The minimum Gasteiger partial charge on any atom is -0.340 e. The van der Waals surface area contributed by atoms with Crippen LogP contribution in [0, 0.1) is 0 Å². The van der Waals surface area contributed by atoms with Crippen LogP contribution in [0.2, 0.25) is 10.0 Å². The summed E-state index contributed by atoms with van der Waals surface area (Å²) < 4.78 is 0. The molecule has 2 heterocycles. The van der Waals surface area contributed by atoms with Crippen LogP contribution in [-0.2, 0) is 11.3 Å². The molecule has 0 radical (unpaired) electrons. The van der Waals surface area contributed by atoms with Crippen LogP contribution >= 0.6 is 23.2 Å². The van der Waals surface area contributed by atoms with Gasteiger partial charge in [-0.2, -0.15) is 0 Å². The van der Waals surface area contributed by atoms with Crippen molar-refractivity contribution in [2.24, 2.45) is 0 Å². The Morgan fingerprint density at radius 2 is 1.44 bits per heavy atom. The van der Waals surface area contributed by atoms with Gasteiger partial charge < -0.3 is 20.4 Å². The molecular weight excluding hydrogens is 599 g/mol. The first-order valence-electron chi connectivity index (χ1n) is 17.1. The molecule has 1 amide bonds. The molecule has 3 aromatic carbocycles. The second-order valence-electron chi connectivity index (χ2n) is 11.4. The van der Waals surface area contributed by atoms with Gasteiger partial charge in [0.15, 0.2) is 0 Å². The molecule has 2 unspecified atom stereocenters. The summed E-state index contributed by atoms with van der Waals surface area (Å²) in [5, 5.41) is 8.50. The molecule has 0 spiro atoms. The minimum absolute atomic E-state index is 0.133. The van der Waals surface area contributed by atoms with Crippen molar-refractivity contribution >= 4 is 29.1 Å². The Morgan fingerprint density at radius 3 is 2.04 bits per heavy atom. The fraction of sp³-hybridized carbons (Fsp3) is 0.500. The first-order chi connectivity index (χ1) is 22.1. The zero-order valence-corrected chi connectivity index (χ0v) is 29.3. The highest BCUT2D eigenvalue weighted by Crippen LogP contribution is 2.27. The number of nitrogens with zero attached hydrogens (tertiary/aromatic N) is 2. The fourth-order valence-electron chi connectivity index (χ4n) is 6.16. The number of carbonyl (C=O) groups is 1. The maximum atomic E-state index is 14.1. The molecule has 2 N–H and O–H groups in total. The third kappa shape index (κ3) is 11.7. The molecular formula is C38H54Cl2N4O. The number of rotatable bonds is 11. The molecule has 2 fully saturated rings. The van der Waals surface area contributed by atoms with E-state index in [4.69, 9.17) is 23.2 Å². The summed E-state index contributed by atoms with van der Waals surface area (Å²) in [6, 6.07) is 27.0. The Morgan fingerprint density at radius 1 is 0.822 bits per heavy atom. The average molecular weight is 654 g/mol. The Bertz CT molecular complexity index is 1200. The third-order valence-corrected chi connectivity index (χ3v) is 9.23. The molecule has 0 aliphatic carbocycles. The molecule has 2 atom stereocenters. The maximum Gasteiger partial charge on any atom is 0.239 e. The van der Waals surface area contributed by atoms with Gasteiger partial charge in [-0.25, -0.2) is 0 Å². The highest BCUT2D eigenvalue weighted by atomic mass is 35.5. The van der Waals surface area contributed by atoms with E-state index in [1.807, 2.05) is 45.9 Å². The standard InChI is InChI=1S/C34H42Cl2N4O.2C2H6/c35-31-15-14-26(22-32(31)36)23-37-24-29-16-21-40(34(41)33(38-29)17-20-39-18-8-3-9-19-39)25-30(27-10-4-1-5-11-27)28-12-6-2-7-13-28;2*1-2/h1-2,4-7,10-15,22,29-30,33,37-38H,3,8-9,16-21,23-25H2;2*1-2H3. The van der Waals surface area contributed by atoms with Crippen LogP contribution in [0.15, 0.2) is 78.9 Å². The fourth-order valence-corrected chi connectivity index (χ4v) is 6.48. The Balaban J connectivity index is 0.00000133. The number of hydrogen-bond donors (Lipinski definition) is 2. The van der Waals surface area contributed by atoms with E-state index in [1.54, 1.807) is 0 Å². The van der Waals surface area contributed by atoms with Gasteiger partial charge in [-0.1, -0.05) is 124 Å². The van der Waals surface area contributed by atoms with E-state index in [9.17, 15) is 4.79 Å². The van der Waals surface area contributed by atoms with Crippen molar-refractivity contribution < 1.29 is 4.79 Å². The van der Waals surface area contributed by atoms with Gasteiger partial charge in [0.25, 0.3) is 0 Å². The number of hydrogen-bond acceptors (Lipinski definition) is 4. The predicted octanol–water partition coefficient (Wildman–Crippen LogP) is 8.40. The van der Waals surface area contributed by atoms with Crippen molar-refractivity contribution in [1.82, 2.24) is 20.4 Å². The van der Waals surface area contributed by atoms with Crippen molar-refractivity contribution in [3.63, 3.8) is 0 Å². The second kappa shape index (κ2) is 20.7. The molecule has 5 nitrogen and oxygen atoms in total. The number of halogens is 2. The molecule has 246 valence electrons. The zero-order chi connectivity index (χ0) is 32.4. The van der Waals surface area contributed by atoms with Crippen LogP contribution in [0.5, 0.6) is 0 Å². The minimum atomic E-state index is -0.191. The SMILES string of the molecule is CC.CC.O=C1C(CCN2CCCCC2)NC(CNCc2ccc(Cl)c(Cl)c2)CCN1CC(c1ccccc1)c1ccccc1. The van der Waals surface area contributed by atoms with E-state index < -0.39 is 0 Å². The number of likely N-dealkylation sites (tertiary alicyclic amines) is 1. The summed E-state index contributed by atoms with van der Waals surface area (Å²) in [4.78, 5) is 18.8. The van der Waals surface area contributed by atoms with E-state index in [0.29, 0.717) is 23.1 Å². The summed E-state index contributed by atoms with van der Waals surface area (Å²) in [6.07, 6.45) is 5.57. The second-order valence-corrected chi connectivity index (χ2v) is 12.2. The normalized spacial score (nSPS) is 18.8. The number of amides is 1. The molecule has 3 aromatic rings. The lowest BCUT2D eigenvalue weighted by atomic mass is 9.90. The van der Waals surface area contributed by atoms with Crippen LogP contribution in [0.4, 0.5) is 0 Å². The van der Waals surface area contributed by atoms with Gasteiger partial charge in [0.05, 0.1) is 16.1 Å². The first kappa shape index (κ1) is 37.1. The van der Waals surface area contributed by atoms with E-state index >= 15 is 0 Å². The number of nitrogens with one attached hydrogen (secondary N) is 2. The molecule has 2 saturated heterocycles. The summed E-state index contributed by atoms with van der Waals surface area (Å²) in [5.74, 6) is 0.360. The van der Waals surface area contributed by atoms with Crippen molar-refractivity contribution in [1.29, 1.82) is 0 Å². The lowest BCUT2D eigenvalue weighted by molar-refractivity contribution is -0.133. The van der Waals surface area contributed by atoms with Gasteiger partial charge in [-0.15, -0.1) is 0 Å². The summed E-state index contributed by atoms with van der Waals surface area (Å²) in [6.45, 7) is 14.1. The molecule has 2 aliphatic rings. The van der Waals surface area contributed by atoms with Crippen molar-refractivity contribution in [3.05, 3.63) is 106 Å². The van der Waals surface area contributed by atoms with Gasteiger partial charge >= 0.3 is 0 Å². The van der Waals surface area contributed by atoms with Crippen molar-refractivity contribution in [2.75, 3.05) is 39.3 Å². The maximum absolute atomic E-state index is 14.1. The van der Waals surface area contributed by atoms with E-state index in [0.717, 1.165) is 51.1 Å². The Labute approximate surface area is 282 Å². The van der Waals surface area contributed by atoms with Crippen molar-refractivity contribution in [3.8, 4) is 0 Å². The largest absolute Gasteiger partial charge is 0.340 e. The Hall–Kier alpha value is -2.41. The lowest BCUT2D eigenvalue weighted by Gasteiger charge is -2.31. The highest BCUT2D eigenvalue weighted by Gasteiger charge is 2.33. The van der Waals surface area contributed by atoms with Gasteiger partial charge in [-0.3, -0.25) is 4.79 Å². The summed E-state index contributed by atoms with van der Waals surface area (Å²) in [5.41, 5.74) is 3.59. The van der Waals surface area contributed by atoms with E-state index in [2.05, 4.69) is 81.1 Å². The number of carbonyl (C=O) groups excluding carboxylic acids is 1. The van der Waals surface area contributed by atoms with E-state index in [1.165, 1.54) is 30.4 Å². The van der Waals surface area contributed by atoms with E-state index in [-0.39, 0.29) is 23.9 Å². The third-order valence-electron chi connectivity index (χ3n) is 8.49. The molecule has 0 saturated carbocycles. The van der Waals surface area contributed by atoms with Gasteiger partial charge in [-0.05, 0) is 67.6 Å². The zero-order valence-electron chi connectivity index (χ0n) is 27.8. The van der Waals surface area contributed by atoms with Crippen LogP contribution in [0.25, 0.3) is 0 Å². The molecule has 5 rings (SSSR count). The van der Waals surface area contributed by atoms with Gasteiger partial charge in [0, 0.05) is 44.7 Å². The summed E-state index contributed by atoms with van der Waals surface area (Å²) >= 11 is 12.3. The smallest absolute Gasteiger partial charge is 0.239 e. The molecule has 45 heavy (non-hydrogen) atoms. The van der Waals surface area contributed by atoms with Crippen LogP contribution in [-0.4, -0.2) is 67.1 Å². The molecule has 0 aromatic heterocycles. The van der Waals surface area contributed by atoms with Crippen LogP contribution in [0.1, 0.15) is 82.4 Å². The number of benzene rings is 3.